The predicted molar refractivity (Wildman–Crippen MR) is 96.7 cm³/mol. The second-order valence-electron chi connectivity index (χ2n) is 5.50. The first-order valence-electron chi connectivity index (χ1n) is 7.47. The van der Waals surface area contributed by atoms with E-state index in [0.29, 0.717) is 23.9 Å². The highest BCUT2D eigenvalue weighted by Gasteiger charge is 2.16. The molecular weight excluding hydrogens is 346 g/mol. The summed E-state index contributed by atoms with van der Waals surface area (Å²) >= 11 is 7.79. The van der Waals surface area contributed by atoms with E-state index < -0.39 is 0 Å². The van der Waals surface area contributed by atoms with Gasteiger partial charge in [-0.2, -0.15) is 0 Å². The van der Waals surface area contributed by atoms with Crippen LogP contribution in [0, 0.1) is 6.92 Å². The van der Waals surface area contributed by atoms with Crippen molar-refractivity contribution in [1.82, 2.24) is 14.9 Å². The first-order valence-corrected chi connectivity index (χ1v) is 8.67. The van der Waals surface area contributed by atoms with Crippen LogP contribution in [-0.2, 0) is 24.9 Å². The molecule has 0 unspecified atom stereocenters. The first kappa shape index (κ1) is 17.0. The lowest BCUT2D eigenvalue weighted by molar-refractivity contribution is 0.0943. The molecule has 0 atom stereocenters. The maximum Gasteiger partial charge on any atom is 0.268 e. The van der Waals surface area contributed by atoms with E-state index in [1.807, 2.05) is 42.8 Å². The number of carbonyl (C=O) groups is 1. The second kappa shape index (κ2) is 6.93. The monoisotopic (exact) mass is 363 g/mol. The number of aryl methyl sites for hydroxylation is 2. The summed E-state index contributed by atoms with van der Waals surface area (Å²) < 4.78 is 6.92. The molecule has 126 valence electrons. The number of thiazole rings is 1. The number of hydrogen-bond donors (Lipinski definition) is 1. The van der Waals surface area contributed by atoms with Gasteiger partial charge in [0.25, 0.3) is 5.91 Å². The van der Waals surface area contributed by atoms with Crippen molar-refractivity contribution in [2.75, 3.05) is 7.11 Å². The van der Waals surface area contributed by atoms with Gasteiger partial charge in [-0.05, 0) is 19.1 Å². The van der Waals surface area contributed by atoms with E-state index in [2.05, 4.69) is 10.3 Å². The molecule has 3 aromatic rings. The van der Waals surface area contributed by atoms with Gasteiger partial charge < -0.3 is 14.6 Å². The Hall–Kier alpha value is -1.89. The van der Waals surface area contributed by atoms with Crippen LogP contribution in [0.25, 0.3) is 10.9 Å². The number of hydrogen-bond acceptors (Lipinski definition) is 4. The third-order valence-electron chi connectivity index (χ3n) is 3.85. The van der Waals surface area contributed by atoms with E-state index in [1.165, 1.54) is 0 Å². The fraction of sp³-hybridized carbons (Fsp3) is 0.294. The Kier molecular flexibility index (Phi) is 4.89. The first-order chi connectivity index (χ1) is 11.5. The van der Waals surface area contributed by atoms with Gasteiger partial charge in [0.2, 0.25) is 0 Å². The van der Waals surface area contributed by atoms with Crippen LogP contribution in [0.5, 0.6) is 0 Å². The number of aromatic nitrogens is 2. The zero-order chi connectivity index (χ0) is 17.3. The summed E-state index contributed by atoms with van der Waals surface area (Å²) in [4.78, 5) is 18.0. The number of para-hydroxylation sites is 1. The number of rotatable bonds is 5. The van der Waals surface area contributed by atoms with Crippen molar-refractivity contribution in [3.63, 3.8) is 0 Å². The average molecular weight is 364 g/mol. The second-order valence-corrected chi connectivity index (χ2v) is 7.07. The van der Waals surface area contributed by atoms with Crippen LogP contribution in [0.2, 0.25) is 5.02 Å². The minimum absolute atomic E-state index is 0.133. The fourth-order valence-electron chi connectivity index (χ4n) is 2.67. The van der Waals surface area contributed by atoms with Gasteiger partial charge >= 0.3 is 0 Å². The molecule has 1 aromatic carbocycles. The SMILES string of the molecule is COCc1nc(C)c(CNC(=O)c2cc3cccc(Cl)c3n2C)s1. The maximum atomic E-state index is 12.5. The van der Waals surface area contributed by atoms with Crippen LogP contribution >= 0.6 is 22.9 Å². The molecular formula is C17H18ClN3O2S. The van der Waals surface area contributed by atoms with Gasteiger partial charge in [0.1, 0.15) is 10.7 Å². The molecule has 0 aliphatic carbocycles. The Morgan fingerprint density at radius 3 is 2.96 bits per heavy atom. The van der Waals surface area contributed by atoms with E-state index in [9.17, 15) is 4.79 Å². The van der Waals surface area contributed by atoms with E-state index in [1.54, 1.807) is 18.4 Å². The molecule has 24 heavy (non-hydrogen) atoms. The molecule has 0 radical (unpaired) electrons. The van der Waals surface area contributed by atoms with Gasteiger partial charge in [0.05, 0.1) is 29.4 Å². The van der Waals surface area contributed by atoms with Gasteiger partial charge in [-0.3, -0.25) is 4.79 Å². The van der Waals surface area contributed by atoms with Crippen LogP contribution in [0.4, 0.5) is 0 Å². The summed E-state index contributed by atoms with van der Waals surface area (Å²) in [7, 11) is 3.49. The lowest BCUT2D eigenvalue weighted by atomic mass is 10.2. The fourth-order valence-corrected chi connectivity index (χ4v) is 3.96. The molecule has 2 heterocycles. The van der Waals surface area contributed by atoms with Gasteiger partial charge in [0.15, 0.2) is 0 Å². The molecule has 0 saturated carbocycles. The summed E-state index contributed by atoms with van der Waals surface area (Å²) in [6.45, 7) is 2.87. The predicted octanol–water partition coefficient (Wildman–Crippen LogP) is 3.67. The number of nitrogens with one attached hydrogen (secondary N) is 1. The van der Waals surface area contributed by atoms with Gasteiger partial charge in [-0.15, -0.1) is 11.3 Å². The molecule has 0 fully saturated rings. The largest absolute Gasteiger partial charge is 0.378 e. The topological polar surface area (TPSA) is 56.1 Å². The Morgan fingerprint density at radius 2 is 2.25 bits per heavy atom. The van der Waals surface area contributed by atoms with Crippen molar-refractivity contribution in [2.24, 2.45) is 7.05 Å². The number of carbonyl (C=O) groups excluding carboxylic acids is 1. The lowest BCUT2D eigenvalue weighted by Gasteiger charge is -2.06. The van der Waals surface area contributed by atoms with Crippen molar-refractivity contribution in [1.29, 1.82) is 0 Å². The zero-order valence-corrected chi connectivity index (χ0v) is 15.3. The number of methoxy groups -OCH3 is 1. The highest BCUT2D eigenvalue weighted by atomic mass is 35.5. The highest BCUT2D eigenvalue weighted by molar-refractivity contribution is 7.11. The molecule has 2 aromatic heterocycles. The summed E-state index contributed by atoms with van der Waals surface area (Å²) in [6.07, 6.45) is 0. The average Bonchev–Trinajstić information content (AvgIpc) is 3.06. The molecule has 0 aliphatic heterocycles. The molecule has 0 bridgehead atoms. The minimum atomic E-state index is -0.133. The maximum absolute atomic E-state index is 12.5. The van der Waals surface area contributed by atoms with Crippen LogP contribution in [0.1, 0.15) is 26.1 Å². The van der Waals surface area contributed by atoms with E-state index >= 15 is 0 Å². The number of ether oxygens (including phenoxy) is 1. The standard InChI is InChI=1S/C17H18ClN3O2S/c1-10-14(24-15(20-10)9-23-3)8-19-17(22)13-7-11-5-4-6-12(18)16(11)21(13)2/h4-7H,8-9H2,1-3H3,(H,19,22). The van der Waals surface area contributed by atoms with Gasteiger partial charge in [0, 0.05) is 24.4 Å². The van der Waals surface area contributed by atoms with Crippen molar-refractivity contribution in [2.45, 2.75) is 20.1 Å². The minimum Gasteiger partial charge on any atom is -0.378 e. The summed E-state index contributed by atoms with van der Waals surface area (Å²) in [5, 5.41) is 5.46. The summed E-state index contributed by atoms with van der Waals surface area (Å²) in [6, 6.07) is 7.50. The third-order valence-corrected chi connectivity index (χ3v) is 5.29. The normalized spacial score (nSPS) is 11.2. The molecule has 1 N–H and O–H groups in total. The molecule has 0 aliphatic rings. The number of halogens is 1. The zero-order valence-electron chi connectivity index (χ0n) is 13.7. The molecule has 5 nitrogen and oxygen atoms in total. The Balaban J connectivity index is 1.78. The molecule has 0 spiro atoms. The Morgan fingerprint density at radius 1 is 1.46 bits per heavy atom. The number of benzene rings is 1. The lowest BCUT2D eigenvalue weighted by Crippen LogP contribution is -2.24. The third kappa shape index (κ3) is 3.17. The smallest absolute Gasteiger partial charge is 0.268 e. The molecule has 0 saturated heterocycles. The van der Waals surface area contributed by atoms with Crippen molar-refractivity contribution in [3.05, 3.63) is 50.6 Å². The van der Waals surface area contributed by atoms with Crippen molar-refractivity contribution < 1.29 is 9.53 Å². The highest BCUT2D eigenvalue weighted by Crippen LogP contribution is 2.26. The Labute approximate surface area is 149 Å². The summed E-state index contributed by atoms with van der Waals surface area (Å²) in [5.41, 5.74) is 2.37. The van der Waals surface area contributed by atoms with Gasteiger partial charge in [-0.25, -0.2) is 4.98 Å². The van der Waals surface area contributed by atoms with Crippen LogP contribution < -0.4 is 5.32 Å². The van der Waals surface area contributed by atoms with Crippen molar-refractivity contribution in [3.8, 4) is 0 Å². The van der Waals surface area contributed by atoms with Crippen LogP contribution in [0.3, 0.4) is 0 Å². The van der Waals surface area contributed by atoms with Crippen LogP contribution in [-0.4, -0.2) is 22.6 Å². The Bertz CT molecular complexity index is 901. The molecule has 3 rings (SSSR count). The van der Waals surface area contributed by atoms with E-state index in [4.69, 9.17) is 16.3 Å². The van der Waals surface area contributed by atoms with E-state index in [0.717, 1.165) is 26.5 Å². The van der Waals surface area contributed by atoms with E-state index in [-0.39, 0.29) is 5.91 Å². The summed E-state index contributed by atoms with van der Waals surface area (Å²) in [5.74, 6) is -0.133. The molecule has 7 heteroatoms. The van der Waals surface area contributed by atoms with Gasteiger partial charge in [-0.1, -0.05) is 23.7 Å². The quantitative estimate of drug-likeness (QED) is 0.752. The number of fused-ring (bicyclic) bond motifs is 1. The number of nitrogens with zero attached hydrogens (tertiary/aromatic N) is 2. The number of amides is 1. The van der Waals surface area contributed by atoms with Crippen LogP contribution in [0.15, 0.2) is 24.3 Å². The van der Waals surface area contributed by atoms with Crippen molar-refractivity contribution >= 4 is 39.7 Å². The molecule has 1 amide bonds.